The molecule has 0 aliphatic rings. The van der Waals surface area contributed by atoms with Crippen molar-refractivity contribution in [1.29, 1.82) is 0 Å². The van der Waals surface area contributed by atoms with Crippen molar-refractivity contribution in [3.63, 3.8) is 0 Å². The molecule has 0 bridgehead atoms. The van der Waals surface area contributed by atoms with E-state index in [9.17, 15) is 4.79 Å². The Bertz CT molecular complexity index is 781. The Balaban J connectivity index is 2.13. The van der Waals surface area contributed by atoms with Crippen LogP contribution in [0.25, 0.3) is 6.08 Å². The first-order valence-corrected chi connectivity index (χ1v) is 8.34. The maximum atomic E-state index is 12.2. The lowest BCUT2D eigenvalue weighted by molar-refractivity contribution is -0.117. The first-order chi connectivity index (χ1) is 12.5. The Morgan fingerprint density at radius 1 is 0.962 bits per heavy atom. The average Bonchev–Trinajstić information content (AvgIpc) is 2.65. The van der Waals surface area contributed by atoms with Crippen molar-refractivity contribution in [3.05, 3.63) is 59.2 Å². The molecular formula is C21H25NO4. The second-order valence-electron chi connectivity index (χ2n) is 5.90. The number of amides is 1. The number of nitrogens with one attached hydrogen (secondary N) is 1. The van der Waals surface area contributed by atoms with E-state index in [1.165, 1.54) is 11.6 Å². The average molecular weight is 355 g/mol. The molecule has 0 radical (unpaired) electrons. The Kier molecular flexibility index (Phi) is 6.67. The van der Waals surface area contributed by atoms with Gasteiger partial charge in [-0.15, -0.1) is 0 Å². The summed E-state index contributed by atoms with van der Waals surface area (Å²) in [5, 5.41) is 2.95. The zero-order valence-corrected chi connectivity index (χ0v) is 15.8. The molecule has 5 nitrogen and oxygen atoms in total. The van der Waals surface area contributed by atoms with E-state index in [-0.39, 0.29) is 11.9 Å². The van der Waals surface area contributed by atoms with Crippen molar-refractivity contribution < 1.29 is 19.0 Å². The molecule has 1 N–H and O–H groups in total. The lowest BCUT2D eigenvalue weighted by atomic mass is 10.1. The summed E-state index contributed by atoms with van der Waals surface area (Å²) in [7, 11) is 4.66. The highest BCUT2D eigenvalue weighted by Gasteiger charge is 2.14. The quantitative estimate of drug-likeness (QED) is 0.765. The lowest BCUT2D eigenvalue weighted by Crippen LogP contribution is -2.24. The minimum Gasteiger partial charge on any atom is -0.493 e. The van der Waals surface area contributed by atoms with Crippen molar-refractivity contribution in [3.8, 4) is 17.2 Å². The van der Waals surface area contributed by atoms with Crippen LogP contribution in [-0.4, -0.2) is 27.2 Å². The zero-order chi connectivity index (χ0) is 19.1. The third kappa shape index (κ3) is 4.57. The van der Waals surface area contributed by atoms with Gasteiger partial charge in [0.1, 0.15) is 0 Å². The molecule has 0 aliphatic heterocycles. The Hall–Kier alpha value is -2.95. The first kappa shape index (κ1) is 19.4. The molecule has 1 amide bonds. The summed E-state index contributed by atoms with van der Waals surface area (Å²) < 4.78 is 16.0. The number of aryl methyl sites for hydroxylation is 1. The Morgan fingerprint density at radius 3 is 2.19 bits per heavy atom. The molecule has 1 atom stereocenters. The van der Waals surface area contributed by atoms with Crippen LogP contribution in [0, 0.1) is 6.92 Å². The van der Waals surface area contributed by atoms with Crippen molar-refractivity contribution in [2.24, 2.45) is 0 Å². The predicted molar refractivity (Wildman–Crippen MR) is 103 cm³/mol. The van der Waals surface area contributed by atoms with E-state index in [1.54, 1.807) is 33.5 Å². The zero-order valence-electron chi connectivity index (χ0n) is 15.8. The van der Waals surface area contributed by atoms with E-state index < -0.39 is 0 Å². The summed E-state index contributed by atoms with van der Waals surface area (Å²) in [6, 6.07) is 11.6. The number of benzene rings is 2. The molecule has 2 aromatic carbocycles. The second kappa shape index (κ2) is 8.94. The fourth-order valence-electron chi connectivity index (χ4n) is 2.62. The molecule has 26 heavy (non-hydrogen) atoms. The first-order valence-electron chi connectivity index (χ1n) is 8.34. The highest BCUT2D eigenvalue weighted by molar-refractivity contribution is 5.92. The molecule has 2 rings (SSSR count). The molecule has 0 saturated carbocycles. The fourth-order valence-corrected chi connectivity index (χ4v) is 2.62. The summed E-state index contributed by atoms with van der Waals surface area (Å²) in [6.07, 6.45) is 3.17. The van der Waals surface area contributed by atoms with Crippen molar-refractivity contribution >= 4 is 12.0 Å². The monoisotopic (exact) mass is 355 g/mol. The van der Waals surface area contributed by atoms with E-state index in [0.717, 1.165) is 11.1 Å². The molecule has 0 heterocycles. The highest BCUT2D eigenvalue weighted by atomic mass is 16.5. The van der Waals surface area contributed by atoms with Crippen LogP contribution in [0.3, 0.4) is 0 Å². The molecule has 5 heteroatoms. The van der Waals surface area contributed by atoms with Crippen LogP contribution in [0.1, 0.15) is 29.7 Å². The van der Waals surface area contributed by atoms with Crippen LogP contribution in [0.2, 0.25) is 0 Å². The van der Waals surface area contributed by atoms with Crippen molar-refractivity contribution in [2.45, 2.75) is 19.9 Å². The van der Waals surface area contributed by atoms with Gasteiger partial charge in [0, 0.05) is 11.6 Å². The second-order valence-corrected chi connectivity index (χ2v) is 5.90. The summed E-state index contributed by atoms with van der Waals surface area (Å²) in [5.74, 6) is 1.39. The SMILES string of the molecule is COc1ccc(/C=C/C(=O)NC(C)c2ccc(C)cc2)c(OC)c1OC. The molecule has 0 saturated heterocycles. The van der Waals surface area contributed by atoms with E-state index in [0.29, 0.717) is 17.2 Å². The van der Waals surface area contributed by atoms with Crippen LogP contribution in [0.15, 0.2) is 42.5 Å². The normalized spacial score (nSPS) is 11.9. The summed E-state index contributed by atoms with van der Waals surface area (Å²) in [4.78, 5) is 12.2. The highest BCUT2D eigenvalue weighted by Crippen LogP contribution is 2.40. The largest absolute Gasteiger partial charge is 0.493 e. The fraction of sp³-hybridized carbons (Fsp3) is 0.286. The van der Waals surface area contributed by atoms with E-state index in [2.05, 4.69) is 5.32 Å². The standard InChI is InChI=1S/C21H25NO4/c1-14-6-8-16(9-7-14)15(2)22-19(23)13-11-17-10-12-18(24-3)21(26-5)20(17)25-4/h6-13,15H,1-5H3,(H,22,23)/b13-11+. The van der Waals surface area contributed by atoms with Gasteiger partial charge in [-0.25, -0.2) is 0 Å². The smallest absolute Gasteiger partial charge is 0.244 e. The number of ether oxygens (including phenoxy) is 3. The van der Waals surface area contributed by atoms with Crippen LogP contribution >= 0.6 is 0 Å². The van der Waals surface area contributed by atoms with Gasteiger partial charge in [0.15, 0.2) is 11.5 Å². The maximum Gasteiger partial charge on any atom is 0.244 e. The molecule has 0 spiro atoms. The maximum absolute atomic E-state index is 12.2. The van der Waals surface area contributed by atoms with Crippen LogP contribution in [0.4, 0.5) is 0 Å². The predicted octanol–water partition coefficient (Wildman–Crippen LogP) is 3.91. The van der Waals surface area contributed by atoms with Crippen LogP contribution < -0.4 is 19.5 Å². The van der Waals surface area contributed by atoms with Gasteiger partial charge in [0.2, 0.25) is 11.7 Å². The van der Waals surface area contributed by atoms with Gasteiger partial charge < -0.3 is 19.5 Å². The summed E-state index contributed by atoms with van der Waals surface area (Å²) >= 11 is 0. The molecule has 0 aliphatic carbocycles. The van der Waals surface area contributed by atoms with E-state index in [4.69, 9.17) is 14.2 Å². The van der Waals surface area contributed by atoms with Crippen molar-refractivity contribution in [2.75, 3.05) is 21.3 Å². The minimum atomic E-state index is -0.185. The van der Waals surface area contributed by atoms with Crippen molar-refractivity contribution in [1.82, 2.24) is 5.32 Å². The van der Waals surface area contributed by atoms with Gasteiger partial charge in [-0.1, -0.05) is 29.8 Å². The van der Waals surface area contributed by atoms with Crippen LogP contribution in [-0.2, 0) is 4.79 Å². The van der Waals surface area contributed by atoms with Gasteiger partial charge in [0.05, 0.1) is 27.4 Å². The summed E-state index contributed by atoms with van der Waals surface area (Å²) in [5.41, 5.74) is 2.97. The Labute approximate surface area is 154 Å². The number of hydrogen-bond donors (Lipinski definition) is 1. The number of carbonyl (C=O) groups excluding carboxylic acids is 1. The van der Waals surface area contributed by atoms with Gasteiger partial charge in [0.25, 0.3) is 0 Å². The van der Waals surface area contributed by atoms with Crippen LogP contribution in [0.5, 0.6) is 17.2 Å². The lowest BCUT2D eigenvalue weighted by Gasteiger charge is -2.14. The number of hydrogen-bond acceptors (Lipinski definition) is 4. The molecular weight excluding hydrogens is 330 g/mol. The molecule has 1 unspecified atom stereocenters. The van der Waals surface area contributed by atoms with Gasteiger partial charge in [-0.2, -0.15) is 0 Å². The number of carbonyl (C=O) groups is 1. The Morgan fingerprint density at radius 2 is 1.62 bits per heavy atom. The van der Waals surface area contributed by atoms with Gasteiger partial charge in [-0.3, -0.25) is 4.79 Å². The third-order valence-corrected chi connectivity index (χ3v) is 4.09. The number of methoxy groups -OCH3 is 3. The molecule has 0 fully saturated rings. The molecule has 138 valence electrons. The topological polar surface area (TPSA) is 56.8 Å². The molecule has 0 aromatic heterocycles. The van der Waals surface area contributed by atoms with Gasteiger partial charge >= 0.3 is 0 Å². The van der Waals surface area contributed by atoms with E-state index >= 15 is 0 Å². The minimum absolute atomic E-state index is 0.0833. The van der Waals surface area contributed by atoms with Gasteiger partial charge in [-0.05, 0) is 37.6 Å². The summed E-state index contributed by atoms with van der Waals surface area (Å²) in [6.45, 7) is 3.99. The molecule has 2 aromatic rings. The number of rotatable bonds is 7. The third-order valence-electron chi connectivity index (χ3n) is 4.09. The van der Waals surface area contributed by atoms with E-state index in [1.807, 2.05) is 44.2 Å².